The molecular weight excluding hydrogens is 422 g/mol. The minimum absolute atomic E-state index is 0.0626. The number of halogens is 2. The minimum Gasteiger partial charge on any atom is -0.357 e. The molecule has 7 nitrogen and oxygen atoms in total. The number of aromatic nitrogens is 4. The molecule has 158 valence electrons. The number of nitrogens with one attached hydrogen (secondary N) is 2. The molecule has 2 aromatic carbocycles. The number of fused-ring (bicyclic) bond motifs is 1. The van der Waals surface area contributed by atoms with Gasteiger partial charge >= 0.3 is 0 Å². The van der Waals surface area contributed by atoms with Crippen LogP contribution in [0.4, 0.5) is 13.9 Å². The first-order chi connectivity index (χ1) is 15.1. The molecule has 0 spiro atoms. The number of anilines is 1. The van der Waals surface area contributed by atoms with Crippen LogP contribution >= 0.6 is 11.3 Å². The van der Waals surface area contributed by atoms with Crippen molar-refractivity contribution >= 4 is 32.6 Å². The molecule has 2 unspecified atom stereocenters. The summed E-state index contributed by atoms with van der Waals surface area (Å²) in [6.07, 6.45) is 5.68. The molecule has 2 atom stereocenters. The fourth-order valence-corrected chi connectivity index (χ4v) is 4.88. The van der Waals surface area contributed by atoms with E-state index in [1.54, 1.807) is 30.6 Å². The van der Waals surface area contributed by atoms with Crippen LogP contribution in [0.5, 0.6) is 0 Å². The van der Waals surface area contributed by atoms with Crippen LogP contribution in [0.2, 0.25) is 0 Å². The summed E-state index contributed by atoms with van der Waals surface area (Å²) in [5, 5.41) is 15.1. The second-order valence-corrected chi connectivity index (χ2v) is 8.38. The van der Waals surface area contributed by atoms with Crippen molar-refractivity contribution in [3.63, 3.8) is 0 Å². The molecule has 10 heteroatoms. The Morgan fingerprint density at radius 1 is 1.10 bits per heavy atom. The number of hydrogen-bond acceptors (Lipinski definition) is 6. The molecule has 1 saturated carbocycles. The van der Waals surface area contributed by atoms with E-state index in [-0.39, 0.29) is 23.5 Å². The molecule has 1 aliphatic carbocycles. The Morgan fingerprint density at radius 3 is 2.71 bits per heavy atom. The Hall–Kier alpha value is -3.40. The van der Waals surface area contributed by atoms with E-state index in [0.717, 1.165) is 25.3 Å². The van der Waals surface area contributed by atoms with Gasteiger partial charge in [-0.15, -0.1) is 0 Å². The zero-order chi connectivity index (χ0) is 21.4. The van der Waals surface area contributed by atoms with Crippen LogP contribution in [-0.2, 0) is 0 Å². The Bertz CT molecular complexity index is 1240. The van der Waals surface area contributed by atoms with Crippen molar-refractivity contribution in [3.8, 4) is 5.69 Å². The zero-order valence-corrected chi connectivity index (χ0v) is 17.1. The van der Waals surface area contributed by atoms with Crippen molar-refractivity contribution in [1.82, 2.24) is 25.3 Å². The molecule has 0 bridgehead atoms. The van der Waals surface area contributed by atoms with Gasteiger partial charge in [-0.1, -0.05) is 23.5 Å². The molecule has 1 amide bonds. The number of thiazole rings is 1. The van der Waals surface area contributed by atoms with E-state index in [4.69, 9.17) is 0 Å². The lowest BCUT2D eigenvalue weighted by molar-refractivity contribution is 0.0935. The summed E-state index contributed by atoms with van der Waals surface area (Å²) in [4.78, 5) is 18.7. The maximum absolute atomic E-state index is 14.0. The van der Waals surface area contributed by atoms with Crippen LogP contribution in [0, 0.1) is 11.6 Å². The third-order valence-electron chi connectivity index (χ3n) is 5.34. The van der Waals surface area contributed by atoms with Crippen molar-refractivity contribution in [2.75, 3.05) is 5.32 Å². The zero-order valence-electron chi connectivity index (χ0n) is 16.3. The van der Waals surface area contributed by atoms with Gasteiger partial charge in [0, 0.05) is 18.2 Å². The van der Waals surface area contributed by atoms with Crippen molar-refractivity contribution < 1.29 is 13.6 Å². The molecule has 1 aliphatic rings. The van der Waals surface area contributed by atoms with Crippen molar-refractivity contribution in [2.45, 2.75) is 31.3 Å². The lowest BCUT2D eigenvalue weighted by Gasteiger charge is -2.22. The second-order valence-electron chi connectivity index (χ2n) is 7.35. The molecule has 1 fully saturated rings. The first-order valence-corrected chi connectivity index (χ1v) is 10.7. The van der Waals surface area contributed by atoms with E-state index in [1.807, 2.05) is 6.07 Å². The van der Waals surface area contributed by atoms with E-state index < -0.39 is 11.6 Å². The highest BCUT2D eigenvalue weighted by Crippen LogP contribution is 2.31. The third-order valence-corrected chi connectivity index (χ3v) is 6.27. The standard InChI is InChI=1S/C21H18F2N6OS/c22-12-10-14(23)19-18(11-12)31-21(28-19)27-16-6-3-5-15(16)26-20(30)13-4-1-2-7-17(13)29-24-8-9-25-29/h1-2,4,7-11,15-16H,3,5-6H2,(H,26,30)(H,27,28). The van der Waals surface area contributed by atoms with Gasteiger partial charge < -0.3 is 10.6 Å². The monoisotopic (exact) mass is 440 g/mol. The summed E-state index contributed by atoms with van der Waals surface area (Å²) in [6.45, 7) is 0. The number of carbonyl (C=O) groups is 1. The number of amides is 1. The predicted octanol–water partition coefficient (Wildman–Crippen LogP) is 3.92. The van der Waals surface area contributed by atoms with Gasteiger partial charge in [-0.05, 0) is 37.5 Å². The van der Waals surface area contributed by atoms with Crippen molar-refractivity contribution in [1.29, 1.82) is 0 Å². The second kappa shape index (κ2) is 8.03. The van der Waals surface area contributed by atoms with Crippen LogP contribution in [0.15, 0.2) is 48.8 Å². The fraction of sp³-hybridized carbons (Fsp3) is 0.238. The fourth-order valence-electron chi connectivity index (χ4n) is 3.91. The number of para-hydroxylation sites is 1. The normalized spacial score (nSPS) is 18.4. The lowest BCUT2D eigenvalue weighted by atomic mass is 10.1. The average Bonchev–Trinajstić information content (AvgIpc) is 3.50. The van der Waals surface area contributed by atoms with Gasteiger partial charge in [-0.2, -0.15) is 15.0 Å². The van der Waals surface area contributed by atoms with E-state index in [9.17, 15) is 13.6 Å². The van der Waals surface area contributed by atoms with Crippen molar-refractivity contribution in [2.24, 2.45) is 0 Å². The van der Waals surface area contributed by atoms with Gasteiger partial charge in [0.25, 0.3) is 5.91 Å². The number of nitrogens with zero attached hydrogens (tertiary/aromatic N) is 4. The Morgan fingerprint density at radius 2 is 1.87 bits per heavy atom. The van der Waals surface area contributed by atoms with Crippen LogP contribution < -0.4 is 10.6 Å². The van der Waals surface area contributed by atoms with Crippen molar-refractivity contribution in [3.05, 3.63) is 66.0 Å². The highest BCUT2D eigenvalue weighted by Gasteiger charge is 2.30. The highest BCUT2D eigenvalue weighted by molar-refractivity contribution is 7.22. The van der Waals surface area contributed by atoms with Crippen LogP contribution in [-0.4, -0.2) is 38.0 Å². The first kappa shape index (κ1) is 19.6. The molecule has 2 aromatic heterocycles. The molecule has 5 rings (SSSR count). The highest BCUT2D eigenvalue weighted by atomic mass is 32.1. The maximum Gasteiger partial charge on any atom is 0.253 e. The summed E-state index contributed by atoms with van der Waals surface area (Å²) in [7, 11) is 0. The average molecular weight is 440 g/mol. The van der Waals surface area contributed by atoms with Crippen LogP contribution in [0.3, 0.4) is 0 Å². The molecular formula is C21H18F2N6OS. The summed E-state index contributed by atoms with van der Waals surface area (Å²) in [6, 6.07) is 9.05. The summed E-state index contributed by atoms with van der Waals surface area (Å²) >= 11 is 1.20. The Labute approximate surface area is 180 Å². The SMILES string of the molecule is O=C(NC1CCCC1Nc1nc2c(F)cc(F)cc2s1)c1ccccc1-n1nccn1. The van der Waals surface area contributed by atoms with Gasteiger partial charge in [0.2, 0.25) is 0 Å². The van der Waals surface area contributed by atoms with E-state index >= 15 is 0 Å². The molecule has 0 radical (unpaired) electrons. The van der Waals surface area contributed by atoms with Gasteiger partial charge in [0.1, 0.15) is 11.3 Å². The number of rotatable bonds is 5. The molecule has 0 saturated heterocycles. The van der Waals surface area contributed by atoms with Gasteiger partial charge in [-0.25, -0.2) is 13.8 Å². The molecule has 0 aliphatic heterocycles. The number of carbonyl (C=O) groups excluding carboxylic acids is 1. The van der Waals surface area contributed by atoms with Gasteiger partial charge in [-0.3, -0.25) is 4.79 Å². The van der Waals surface area contributed by atoms with Gasteiger partial charge in [0.05, 0.1) is 28.3 Å². The summed E-state index contributed by atoms with van der Waals surface area (Å²) in [5.41, 5.74) is 1.21. The lowest BCUT2D eigenvalue weighted by Crippen LogP contribution is -2.43. The van der Waals surface area contributed by atoms with Crippen LogP contribution in [0.1, 0.15) is 29.6 Å². The molecule has 2 N–H and O–H groups in total. The summed E-state index contributed by atoms with van der Waals surface area (Å²) in [5.74, 6) is -1.53. The van der Waals surface area contributed by atoms with E-state index in [0.29, 0.717) is 21.1 Å². The smallest absolute Gasteiger partial charge is 0.253 e. The Kier molecular flexibility index (Phi) is 5.06. The van der Waals surface area contributed by atoms with Crippen LogP contribution in [0.25, 0.3) is 15.9 Å². The molecule has 2 heterocycles. The third kappa shape index (κ3) is 3.86. The van der Waals surface area contributed by atoms with E-state index in [1.165, 1.54) is 22.2 Å². The molecule has 4 aromatic rings. The minimum atomic E-state index is -0.681. The number of hydrogen-bond donors (Lipinski definition) is 2. The van der Waals surface area contributed by atoms with Gasteiger partial charge in [0.15, 0.2) is 10.9 Å². The quantitative estimate of drug-likeness (QED) is 0.491. The largest absolute Gasteiger partial charge is 0.357 e. The molecule has 31 heavy (non-hydrogen) atoms. The summed E-state index contributed by atoms with van der Waals surface area (Å²) < 4.78 is 27.9. The predicted molar refractivity (Wildman–Crippen MR) is 113 cm³/mol. The van der Waals surface area contributed by atoms with E-state index in [2.05, 4.69) is 25.8 Å². The number of benzene rings is 2. The first-order valence-electron chi connectivity index (χ1n) is 9.87. The maximum atomic E-state index is 14.0. The topological polar surface area (TPSA) is 84.7 Å². The Balaban J connectivity index is 1.34.